The van der Waals surface area contributed by atoms with E-state index in [-0.39, 0.29) is 35.9 Å². The fourth-order valence-electron chi connectivity index (χ4n) is 1.45. The average molecular weight is 236 g/mol. The Balaban J connectivity index is 2.75. The molecule has 0 spiro atoms. The minimum Gasteiger partial charge on any atom is -0.508 e. The lowest BCUT2D eigenvalue weighted by Gasteiger charge is -2.06. The van der Waals surface area contributed by atoms with Crippen molar-refractivity contribution in [3.05, 3.63) is 35.4 Å². The minimum atomic E-state index is -0.204. The fourth-order valence-corrected chi connectivity index (χ4v) is 1.45. The Kier molecular flexibility index (Phi) is 4.72. The van der Waals surface area contributed by atoms with E-state index in [1.165, 1.54) is 12.1 Å². The molecule has 3 N–H and O–H groups in total. The summed E-state index contributed by atoms with van der Waals surface area (Å²) in [5, 5.41) is 27.4. The highest BCUT2D eigenvalue weighted by Crippen LogP contribution is 2.27. The first kappa shape index (κ1) is 13.3. The molecule has 0 saturated heterocycles. The zero-order chi connectivity index (χ0) is 12.8. The number of hydrogen-bond donors (Lipinski definition) is 3. The number of aliphatic hydroxyl groups is 1. The molecule has 0 unspecified atom stereocenters. The van der Waals surface area contributed by atoms with Crippen molar-refractivity contribution < 1.29 is 20.1 Å². The Labute approximate surface area is 99.8 Å². The van der Waals surface area contributed by atoms with E-state index in [1.807, 2.05) is 0 Å². The average Bonchev–Trinajstić information content (AvgIpc) is 2.29. The van der Waals surface area contributed by atoms with E-state index >= 15 is 0 Å². The van der Waals surface area contributed by atoms with Gasteiger partial charge in [0.15, 0.2) is 5.78 Å². The van der Waals surface area contributed by atoms with Gasteiger partial charge < -0.3 is 15.3 Å². The number of phenols is 2. The van der Waals surface area contributed by atoms with Gasteiger partial charge in [0.1, 0.15) is 11.5 Å². The lowest BCUT2D eigenvalue weighted by Crippen LogP contribution is -1.99. The van der Waals surface area contributed by atoms with Crippen molar-refractivity contribution in [1.82, 2.24) is 0 Å². The number of aliphatic hydroxyl groups excluding tert-OH is 1. The van der Waals surface area contributed by atoms with Crippen molar-refractivity contribution >= 4 is 5.78 Å². The number of benzene rings is 1. The first-order valence-electron chi connectivity index (χ1n) is 5.38. The highest BCUT2D eigenvalue weighted by atomic mass is 16.3. The Morgan fingerprint density at radius 2 is 1.94 bits per heavy atom. The standard InChI is InChI=1S/C13H16O4/c1-9-7-10(13(17)8-12(9)16)11(15)5-3-2-4-6-14/h2,4,7-8,14,16-17H,3,5-6H2,1H3/b4-2+. The van der Waals surface area contributed by atoms with Crippen LogP contribution in [0.15, 0.2) is 24.3 Å². The molecule has 4 heteroatoms. The molecular weight excluding hydrogens is 220 g/mol. The molecule has 0 radical (unpaired) electrons. The van der Waals surface area contributed by atoms with Gasteiger partial charge in [0.25, 0.3) is 0 Å². The molecule has 1 aromatic rings. The first-order valence-corrected chi connectivity index (χ1v) is 5.38. The van der Waals surface area contributed by atoms with Gasteiger partial charge in [-0.05, 0) is 25.0 Å². The smallest absolute Gasteiger partial charge is 0.166 e. The molecule has 0 aliphatic carbocycles. The maximum absolute atomic E-state index is 11.8. The number of hydrogen-bond acceptors (Lipinski definition) is 4. The van der Waals surface area contributed by atoms with E-state index < -0.39 is 0 Å². The number of aromatic hydroxyl groups is 2. The van der Waals surface area contributed by atoms with Crippen LogP contribution in [0.4, 0.5) is 0 Å². The van der Waals surface area contributed by atoms with Crippen molar-refractivity contribution in [3.8, 4) is 11.5 Å². The number of allylic oxidation sites excluding steroid dienone is 1. The normalized spacial score (nSPS) is 10.9. The van der Waals surface area contributed by atoms with E-state index in [0.717, 1.165) is 0 Å². The third-order valence-corrected chi connectivity index (χ3v) is 2.42. The summed E-state index contributed by atoms with van der Waals surface area (Å²) in [4.78, 5) is 11.8. The van der Waals surface area contributed by atoms with Crippen molar-refractivity contribution in [1.29, 1.82) is 0 Å². The predicted octanol–water partition coefficient (Wildman–Crippen LogP) is 1.92. The van der Waals surface area contributed by atoms with Crippen molar-refractivity contribution in [2.75, 3.05) is 6.61 Å². The largest absolute Gasteiger partial charge is 0.508 e. The van der Waals surface area contributed by atoms with Gasteiger partial charge in [-0.2, -0.15) is 0 Å². The molecule has 0 heterocycles. The molecule has 1 rings (SSSR count). The Morgan fingerprint density at radius 1 is 1.24 bits per heavy atom. The van der Waals surface area contributed by atoms with Crippen LogP contribution in [0.25, 0.3) is 0 Å². The van der Waals surface area contributed by atoms with Crippen molar-refractivity contribution in [3.63, 3.8) is 0 Å². The van der Waals surface area contributed by atoms with Crippen LogP contribution in [0.3, 0.4) is 0 Å². The Morgan fingerprint density at radius 3 is 2.59 bits per heavy atom. The second-order valence-electron chi connectivity index (χ2n) is 3.77. The quantitative estimate of drug-likeness (QED) is 0.539. The van der Waals surface area contributed by atoms with Crippen LogP contribution in [-0.4, -0.2) is 27.7 Å². The van der Waals surface area contributed by atoms with Gasteiger partial charge in [-0.3, -0.25) is 4.79 Å². The van der Waals surface area contributed by atoms with E-state index in [9.17, 15) is 15.0 Å². The van der Waals surface area contributed by atoms with Crippen LogP contribution < -0.4 is 0 Å². The lowest BCUT2D eigenvalue weighted by atomic mass is 10.0. The number of aryl methyl sites for hydroxylation is 1. The van der Waals surface area contributed by atoms with Crippen LogP contribution in [0.1, 0.15) is 28.8 Å². The number of phenolic OH excluding ortho intramolecular Hbond substituents is 2. The van der Waals surface area contributed by atoms with E-state index in [0.29, 0.717) is 12.0 Å². The van der Waals surface area contributed by atoms with Crippen LogP contribution in [0.5, 0.6) is 11.5 Å². The third kappa shape index (κ3) is 3.60. The molecule has 0 saturated carbocycles. The molecule has 0 fully saturated rings. The SMILES string of the molecule is Cc1cc(C(=O)CC/C=C/CO)c(O)cc1O. The van der Waals surface area contributed by atoms with E-state index in [1.54, 1.807) is 19.1 Å². The van der Waals surface area contributed by atoms with Crippen LogP contribution in [-0.2, 0) is 0 Å². The molecular formula is C13H16O4. The summed E-state index contributed by atoms with van der Waals surface area (Å²) in [7, 11) is 0. The maximum Gasteiger partial charge on any atom is 0.166 e. The first-order chi connectivity index (χ1) is 8.06. The van der Waals surface area contributed by atoms with Crippen molar-refractivity contribution in [2.45, 2.75) is 19.8 Å². The zero-order valence-electron chi connectivity index (χ0n) is 9.68. The molecule has 0 atom stereocenters. The molecule has 0 amide bonds. The monoisotopic (exact) mass is 236 g/mol. The predicted molar refractivity (Wildman–Crippen MR) is 64.3 cm³/mol. The van der Waals surface area contributed by atoms with Gasteiger partial charge in [0.05, 0.1) is 12.2 Å². The summed E-state index contributed by atoms with van der Waals surface area (Å²) in [5.41, 5.74) is 0.773. The molecule has 92 valence electrons. The van der Waals surface area contributed by atoms with Gasteiger partial charge in [-0.15, -0.1) is 0 Å². The summed E-state index contributed by atoms with van der Waals surface area (Å²) in [6.07, 6.45) is 4.05. The Bertz CT molecular complexity index is 435. The summed E-state index contributed by atoms with van der Waals surface area (Å²) in [5.74, 6) is -0.420. The lowest BCUT2D eigenvalue weighted by molar-refractivity contribution is 0.0981. The van der Waals surface area contributed by atoms with Crippen molar-refractivity contribution in [2.24, 2.45) is 0 Å². The van der Waals surface area contributed by atoms with Gasteiger partial charge in [-0.1, -0.05) is 12.2 Å². The van der Waals surface area contributed by atoms with Gasteiger partial charge in [0.2, 0.25) is 0 Å². The Hall–Kier alpha value is -1.81. The number of Topliss-reactive ketones (excluding diaryl/α,β-unsaturated/α-hetero) is 1. The molecule has 0 aliphatic rings. The third-order valence-electron chi connectivity index (χ3n) is 2.42. The second-order valence-corrected chi connectivity index (χ2v) is 3.77. The van der Waals surface area contributed by atoms with Gasteiger partial charge >= 0.3 is 0 Å². The van der Waals surface area contributed by atoms with Gasteiger partial charge in [0, 0.05) is 12.5 Å². The van der Waals surface area contributed by atoms with Crippen LogP contribution in [0.2, 0.25) is 0 Å². The summed E-state index contributed by atoms with van der Waals surface area (Å²) >= 11 is 0. The molecule has 0 aromatic heterocycles. The highest BCUT2D eigenvalue weighted by Gasteiger charge is 2.12. The van der Waals surface area contributed by atoms with E-state index in [4.69, 9.17) is 5.11 Å². The second kappa shape index (κ2) is 6.06. The van der Waals surface area contributed by atoms with Gasteiger partial charge in [-0.25, -0.2) is 0 Å². The van der Waals surface area contributed by atoms with Crippen LogP contribution >= 0.6 is 0 Å². The molecule has 0 bridgehead atoms. The summed E-state index contributed by atoms with van der Waals surface area (Å²) in [6, 6.07) is 2.65. The topological polar surface area (TPSA) is 77.8 Å². The zero-order valence-corrected chi connectivity index (χ0v) is 9.68. The van der Waals surface area contributed by atoms with E-state index in [2.05, 4.69) is 0 Å². The molecule has 0 aliphatic heterocycles. The molecule has 4 nitrogen and oxygen atoms in total. The number of carbonyl (C=O) groups is 1. The summed E-state index contributed by atoms with van der Waals surface area (Å²) in [6.45, 7) is 1.62. The number of ketones is 1. The maximum atomic E-state index is 11.8. The minimum absolute atomic E-state index is 0.0285. The number of carbonyl (C=O) groups excluding carboxylic acids is 1. The molecule has 17 heavy (non-hydrogen) atoms. The summed E-state index contributed by atoms with van der Waals surface area (Å²) < 4.78 is 0. The van der Waals surface area contributed by atoms with Crippen LogP contribution in [0, 0.1) is 6.92 Å². The number of rotatable bonds is 5. The fraction of sp³-hybridized carbons (Fsp3) is 0.308. The molecule has 1 aromatic carbocycles. The highest BCUT2D eigenvalue weighted by molar-refractivity contribution is 5.99.